The van der Waals surface area contributed by atoms with Crippen molar-refractivity contribution in [3.63, 3.8) is 0 Å². The molecule has 4 aromatic rings. The number of morpholine rings is 1. The van der Waals surface area contributed by atoms with Crippen LogP contribution in [0.4, 0.5) is 18.9 Å². The number of benzene rings is 3. The monoisotopic (exact) mass is 607 g/mol. The molecule has 6 rings (SSSR count). The normalized spacial score (nSPS) is 15.2. The average Bonchev–Trinajstić information content (AvgIpc) is 3.41. The number of rotatable bonds is 8. The molecule has 0 spiro atoms. The third kappa shape index (κ3) is 5.84. The molecular formula is C33H32F3N3O5. The maximum atomic E-state index is 14.4. The minimum atomic E-state index is -4.75. The number of ether oxygens (including phenoxy) is 2. The first-order valence-corrected chi connectivity index (χ1v) is 14.6. The summed E-state index contributed by atoms with van der Waals surface area (Å²) in [5.74, 6) is -0.820. The highest BCUT2D eigenvalue weighted by atomic mass is 19.4. The lowest BCUT2D eigenvalue weighted by atomic mass is 9.94. The van der Waals surface area contributed by atoms with Crippen molar-refractivity contribution >= 4 is 28.5 Å². The number of carbonyl (C=O) groups excluding carboxylic acids is 1. The molecule has 230 valence electrons. The van der Waals surface area contributed by atoms with Gasteiger partial charge in [-0.15, -0.1) is 0 Å². The molecule has 11 heteroatoms. The van der Waals surface area contributed by atoms with Gasteiger partial charge in [0.2, 0.25) is 0 Å². The molecule has 0 radical (unpaired) electrons. The van der Waals surface area contributed by atoms with Gasteiger partial charge in [0.15, 0.2) is 0 Å². The topological polar surface area (TPSA) is 95.1 Å². The Morgan fingerprint density at radius 1 is 0.909 bits per heavy atom. The number of H-pyrrole nitrogens is 1. The Bertz CT molecular complexity index is 1690. The van der Waals surface area contributed by atoms with Gasteiger partial charge in [-0.3, -0.25) is 4.79 Å². The number of aromatic carboxylic acids is 1. The van der Waals surface area contributed by atoms with E-state index in [-0.39, 0.29) is 22.4 Å². The molecule has 0 atom stereocenters. The molecule has 0 aliphatic carbocycles. The van der Waals surface area contributed by atoms with Gasteiger partial charge < -0.3 is 29.4 Å². The highest BCUT2D eigenvalue weighted by Gasteiger charge is 2.36. The van der Waals surface area contributed by atoms with E-state index < -0.39 is 23.6 Å². The summed E-state index contributed by atoms with van der Waals surface area (Å²) >= 11 is 0. The van der Waals surface area contributed by atoms with E-state index in [1.165, 1.54) is 23.1 Å². The second-order valence-electron chi connectivity index (χ2n) is 10.9. The molecular weight excluding hydrogens is 575 g/mol. The number of hydrogen-bond acceptors (Lipinski definition) is 5. The number of fused-ring (bicyclic) bond motifs is 2. The Labute approximate surface area is 252 Å². The molecule has 0 unspecified atom stereocenters. The third-order valence-electron chi connectivity index (χ3n) is 8.25. The van der Waals surface area contributed by atoms with E-state index in [1.54, 1.807) is 12.1 Å². The summed E-state index contributed by atoms with van der Waals surface area (Å²) in [6.07, 6.45) is -2.84. The molecule has 1 aromatic heterocycles. The Kier molecular flexibility index (Phi) is 8.22. The molecule has 3 aromatic carbocycles. The fourth-order valence-electron chi connectivity index (χ4n) is 6.10. The number of alkyl halides is 3. The average molecular weight is 608 g/mol. The Balaban J connectivity index is 1.29. The van der Waals surface area contributed by atoms with Gasteiger partial charge in [-0.1, -0.05) is 36.4 Å². The molecule has 1 saturated heterocycles. The zero-order valence-corrected chi connectivity index (χ0v) is 24.0. The van der Waals surface area contributed by atoms with Crippen LogP contribution in [0, 0.1) is 0 Å². The van der Waals surface area contributed by atoms with Crippen LogP contribution in [0.2, 0.25) is 0 Å². The first-order valence-electron chi connectivity index (χ1n) is 14.6. The SMILES string of the molecule is O=C(O)c1[nH]c2c(-c3ccc(C(=O)N4CCOCC4)cc3C(F)(F)F)cccc2c1CCCCN1CCOc2ccccc21. The summed E-state index contributed by atoms with van der Waals surface area (Å²) in [5, 5.41) is 10.6. The number of carboxylic acid groups (broad SMARTS) is 1. The fourth-order valence-corrected chi connectivity index (χ4v) is 6.10. The summed E-state index contributed by atoms with van der Waals surface area (Å²) in [4.78, 5) is 31.9. The lowest BCUT2D eigenvalue weighted by Crippen LogP contribution is -2.40. The fraction of sp³-hybridized carbons (Fsp3) is 0.333. The quantitative estimate of drug-likeness (QED) is 0.230. The van der Waals surface area contributed by atoms with Crippen LogP contribution >= 0.6 is 0 Å². The van der Waals surface area contributed by atoms with Crippen molar-refractivity contribution in [2.75, 3.05) is 50.9 Å². The van der Waals surface area contributed by atoms with Gasteiger partial charge in [0.25, 0.3) is 5.91 Å². The molecule has 3 heterocycles. The molecule has 2 aliphatic rings. The zero-order valence-electron chi connectivity index (χ0n) is 24.0. The number of aromatic nitrogens is 1. The number of amides is 1. The summed E-state index contributed by atoms with van der Waals surface area (Å²) in [6.45, 7) is 3.40. The van der Waals surface area contributed by atoms with Crippen molar-refractivity contribution in [2.24, 2.45) is 0 Å². The molecule has 2 aliphatic heterocycles. The maximum absolute atomic E-state index is 14.4. The number of carbonyl (C=O) groups is 2. The number of nitrogens with one attached hydrogen (secondary N) is 1. The third-order valence-corrected chi connectivity index (χ3v) is 8.25. The van der Waals surface area contributed by atoms with E-state index in [9.17, 15) is 27.9 Å². The molecule has 0 bridgehead atoms. The van der Waals surface area contributed by atoms with Crippen molar-refractivity contribution in [3.8, 4) is 16.9 Å². The number of halogens is 3. The Morgan fingerprint density at radius 3 is 2.48 bits per heavy atom. The van der Waals surface area contributed by atoms with E-state index in [1.807, 2.05) is 24.3 Å². The van der Waals surface area contributed by atoms with Crippen LogP contribution in [0.3, 0.4) is 0 Å². The van der Waals surface area contributed by atoms with Crippen LogP contribution in [0.1, 0.15) is 44.8 Å². The first kappa shape index (κ1) is 29.6. The lowest BCUT2D eigenvalue weighted by molar-refractivity contribution is -0.137. The number of nitrogens with zero attached hydrogens (tertiary/aromatic N) is 2. The minimum Gasteiger partial charge on any atom is -0.490 e. The van der Waals surface area contributed by atoms with Crippen LogP contribution < -0.4 is 9.64 Å². The van der Waals surface area contributed by atoms with Gasteiger partial charge >= 0.3 is 12.1 Å². The zero-order chi connectivity index (χ0) is 30.8. The van der Waals surface area contributed by atoms with Crippen LogP contribution in [0.5, 0.6) is 5.75 Å². The standard InChI is InChI=1S/C33H32F3N3O5/c34-33(35,36)26-20-21(31(40)39-14-17-43-18-15-39)11-12-22(26)23-7-5-8-24-25(30(32(41)42)37-29(23)24)6-3-4-13-38-16-19-44-28-10-2-1-9-27(28)38/h1-2,5,7-12,20,37H,3-4,6,13-19H2,(H,41,42). The number of aromatic amines is 1. The van der Waals surface area contributed by atoms with E-state index in [4.69, 9.17) is 9.47 Å². The van der Waals surface area contributed by atoms with Crippen LogP contribution in [-0.2, 0) is 17.3 Å². The van der Waals surface area contributed by atoms with Gasteiger partial charge in [-0.25, -0.2) is 4.79 Å². The van der Waals surface area contributed by atoms with Gasteiger partial charge in [-0.2, -0.15) is 13.2 Å². The molecule has 0 saturated carbocycles. The van der Waals surface area contributed by atoms with Gasteiger partial charge in [0.05, 0.1) is 36.5 Å². The summed E-state index contributed by atoms with van der Waals surface area (Å²) < 4.78 is 54.3. The predicted molar refractivity (Wildman–Crippen MR) is 160 cm³/mol. The molecule has 8 nitrogen and oxygen atoms in total. The predicted octanol–water partition coefficient (Wildman–Crippen LogP) is 6.25. The summed E-state index contributed by atoms with van der Waals surface area (Å²) in [7, 11) is 0. The molecule has 1 amide bonds. The molecule has 2 N–H and O–H groups in total. The van der Waals surface area contributed by atoms with E-state index >= 15 is 0 Å². The van der Waals surface area contributed by atoms with Crippen molar-refractivity contribution < 1.29 is 37.3 Å². The summed E-state index contributed by atoms with van der Waals surface area (Å²) in [6, 6.07) is 16.3. The molecule has 1 fully saturated rings. The molecule has 44 heavy (non-hydrogen) atoms. The Hall–Kier alpha value is -4.51. The first-order chi connectivity index (χ1) is 21.2. The van der Waals surface area contributed by atoms with E-state index in [0.717, 1.165) is 37.0 Å². The number of carboxylic acids is 1. The number of aryl methyl sites for hydroxylation is 1. The van der Waals surface area contributed by atoms with Crippen LogP contribution in [-0.4, -0.2) is 72.9 Å². The lowest BCUT2D eigenvalue weighted by Gasteiger charge is -2.31. The van der Waals surface area contributed by atoms with Crippen molar-refractivity contribution in [1.29, 1.82) is 0 Å². The second kappa shape index (κ2) is 12.2. The summed E-state index contributed by atoms with van der Waals surface area (Å²) in [5.41, 5.74) is 0.955. The largest absolute Gasteiger partial charge is 0.490 e. The van der Waals surface area contributed by atoms with Crippen LogP contribution in [0.15, 0.2) is 60.7 Å². The Morgan fingerprint density at radius 2 is 1.70 bits per heavy atom. The minimum absolute atomic E-state index is 0.0307. The van der Waals surface area contributed by atoms with Gasteiger partial charge in [-0.05, 0) is 54.7 Å². The highest BCUT2D eigenvalue weighted by molar-refractivity contribution is 6.04. The van der Waals surface area contributed by atoms with Crippen LogP contribution in [0.25, 0.3) is 22.0 Å². The van der Waals surface area contributed by atoms with Crippen molar-refractivity contribution in [3.05, 3.63) is 83.0 Å². The van der Waals surface area contributed by atoms with Crippen molar-refractivity contribution in [1.82, 2.24) is 9.88 Å². The highest BCUT2D eigenvalue weighted by Crippen LogP contribution is 2.41. The van der Waals surface area contributed by atoms with E-state index in [0.29, 0.717) is 62.2 Å². The van der Waals surface area contributed by atoms with Crippen molar-refractivity contribution in [2.45, 2.75) is 25.4 Å². The second-order valence-corrected chi connectivity index (χ2v) is 10.9. The maximum Gasteiger partial charge on any atom is 0.417 e. The number of unbranched alkanes of at least 4 members (excludes halogenated alkanes) is 1. The number of anilines is 1. The smallest absolute Gasteiger partial charge is 0.417 e. The number of hydrogen-bond donors (Lipinski definition) is 2. The van der Waals surface area contributed by atoms with E-state index in [2.05, 4.69) is 9.88 Å². The van der Waals surface area contributed by atoms with Gasteiger partial charge in [0.1, 0.15) is 18.1 Å². The number of para-hydroxylation sites is 3. The van der Waals surface area contributed by atoms with Gasteiger partial charge in [0, 0.05) is 36.1 Å².